The second-order valence-electron chi connectivity index (χ2n) is 3.88. The van der Waals surface area contributed by atoms with Crippen LogP contribution < -0.4 is 9.46 Å². The van der Waals surface area contributed by atoms with Crippen LogP contribution in [0.4, 0.5) is 10.1 Å². The molecule has 0 fully saturated rings. The van der Waals surface area contributed by atoms with Crippen molar-refractivity contribution in [3.63, 3.8) is 0 Å². The van der Waals surface area contributed by atoms with Gasteiger partial charge in [-0.25, -0.2) is 9.18 Å². The molecule has 2 N–H and O–H groups in total. The fourth-order valence-electron chi connectivity index (χ4n) is 1.49. The number of methoxy groups -OCH3 is 1. The van der Waals surface area contributed by atoms with Crippen LogP contribution in [0.25, 0.3) is 0 Å². The topological polar surface area (TPSA) is 58.6 Å². The van der Waals surface area contributed by atoms with E-state index in [2.05, 4.69) is 4.72 Å². The minimum absolute atomic E-state index is 0.0317. The number of rotatable bonds is 5. The van der Waals surface area contributed by atoms with Crippen LogP contribution in [0.5, 0.6) is 5.75 Å². The molecule has 4 nitrogen and oxygen atoms in total. The highest BCUT2D eigenvalue weighted by atomic mass is 32.2. The number of anilines is 1. The Bertz CT molecular complexity index is 616. The largest absolute Gasteiger partial charge is 0.497 e. The third kappa shape index (κ3) is 3.42. The molecule has 0 saturated carbocycles. The third-order valence-electron chi connectivity index (χ3n) is 2.55. The summed E-state index contributed by atoms with van der Waals surface area (Å²) in [7, 11) is 1.58. The molecule has 2 rings (SSSR count). The SMILES string of the molecule is COc1ccc(SNc2cc(C(=O)O)ccc2F)cc1. The van der Waals surface area contributed by atoms with Crippen LogP contribution in [-0.4, -0.2) is 18.2 Å². The molecule has 6 heteroatoms. The average molecular weight is 293 g/mol. The molecule has 0 bridgehead atoms. The maximum atomic E-state index is 13.6. The number of ether oxygens (including phenoxy) is 1. The van der Waals surface area contributed by atoms with Crippen molar-refractivity contribution >= 4 is 23.6 Å². The molecule has 0 radical (unpaired) electrons. The van der Waals surface area contributed by atoms with Gasteiger partial charge in [0.1, 0.15) is 11.6 Å². The molecule has 104 valence electrons. The molecule has 0 spiro atoms. The fraction of sp³-hybridized carbons (Fsp3) is 0.0714. The zero-order chi connectivity index (χ0) is 14.5. The first-order valence-corrected chi connectivity index (χ1v) is 6.51. The van der Waals surface area contributed by atoms with Gasteiger partial charge in [-0.3, -0.25) is 0 Å². The van der Waals surface area contributed by atoms with Crippen molar-refractivity contribution in [2.24, 2.45) is 0 Å². The summed E-state index contributed by atoms with van der Waals surface area (Å²) in [5.41, 5.74) is 0.162. The molecule has 20 heavy (non-hydrogen) atoms. The van der Waals surface area contributed by atoms with Gasteiger partial charge in [-0.1, -0.05) is 0 Å². The second-order valence-corrected chi connectivity index (χ2v) is 4.76. The Morgan fingerprint density at radius 3 is 2.55 bits per heavy atom. The molecular formula is C14H12FNO3S. The summed E-state index contributed by atoms with van der Waals surface area (Å²) in [6.07, 6.45) is 0. The van der Waals surface area contributed by atoms with Crippen molar-refractivity contribution < 1.29 is 19.0 Å². The highest BCUT2D eigenvalue weighted by molar-refractivity contribution is 8.00. The number of halogens is 1. The lowest BCUT2D eigenvalue weighted by atomic mass is 10.2. The van der Waals surface area contributed by atoms with Gasteiger partial charge in [-0.2, -0.15) is 0 Å². The molecule has 0 saturated heterocycles. The van der Waals surface area contributed by atoms with E-state index in [1.807, 2.05) is 12.1 Å². The molecule has 0 amide bonds. The number of carbonyl (C=O) groups is 1. The molecular weight excluding hydrogens is 281 g/mol. The summed E-state index contributed by atoms with van der Waals surface area (Å²) >= 11 is 1.19. The van der Waals surface area contributed by atoms with Crippen molar-refractivity contribution in [1.82, 2.24) is 0 Å². The molecule has 2 aromatic carbocycles. The molecule has 0 aromatic heterocycles. The molecule has 0 aliphatic heterocycles. The number of nitrogens with one attached hydrogen (secondary N) is 1. The number of aromatic carboxylic acids is 1. The van der Waals surface area contributed by atoms with Crippen molar-refractivity contribution in [3.8, 4) is 5.75 Å². The van der Waals surface area contributed by atoms with Crippen molar-refractivity contribution in [1.29, 1.82) is 0 Å². The van der Waals surface area contributed by atoms with Gasteiger partial charge in [0, 0.05) is 4.90 Å². The van der Waals surface area contributed by atoms with E-state index >= 15 is 0 Å². The van der Waals surface area contributed by atoms with Gasteiger partial charge in [0.05, 0.1) is 18.4 Å². The Hall–Kier alpha value is -2.21. The molecule has 0 aliphatic carbocycles. The Morgan fingerprint density at radius 2 is 1.95 bits per heavy atom. The number of carboxylic acids is 1. The van der Waals surface area contributed by atoms with Gasteiger partial charge in [-0.05, 0) is 54.4 Å². The highest BCUT2D eigenvalue weighted by Gasteiger charge is 2.08. The zero-order valence-corrected chi connectivity index (χ0v) is 11.4. The zero-order valence-electron chi connectivity index (χ0n) is 10.6. The summed E-state index contributed by atoms with van der Waals surface area (Å²) < 4.78 is 21.4. The summed E-state index contributed by atoms with van der Waals surface area (Å²) in [5.74, 6) is -0.869. The lowest BCUT2D eigenvalue weighted by Gasteiger charge is -2.08. The fourth-order valence-corrected chi connectivity index (χ4v) is 2.15. The Balaban J connectivity index is 2.09. The van der Waals surface area contributed by atoms with Crippen molar-refractivity contribution in [2.75, 3.05) is 11.8 Å². The van der Waals surface area contributed by atoms with Crippen LogP contribution in [0.1, 0.15) is 10.4 Å². The lowest BCUT2D eigenvalue weighted by molar-refractivity contribution is 0.0697. The Labute approximate surface area is 119 Å². The van der Waals surface area contributed by atoms with Crippen molar-refractivity contribution in [2.45, 2.75) is 4.90 Å². The molecule has 0 heterocycles. The second kappa shape index (κ2) is 6.29. The van der Waals surface area contributed by atoms with E-state index in [0.717, 1.165) is 16.7 Å². The van der Waals surface area contributed by atoms with E-state index in [9.17, 15) is 9.18 Å². The quantitative estimate of drug-likeness (QED) is 0.824. The minimum Gasteiger partial charge on any atom is -0.497 e. The van der Waals surface area contributed by atoms with Crippen LogP contribution in [-0.2, 0) is 0 Å². The first kappa shape index (κ1) is 14.2. The van der Waals surface area contributed by atoms with E-state index in [1.165, 1.54) is 24.1 Å². The number of carboxylic acid groups (broad SMARTS) is 1. The highest BCUT2D eigenvalue weighted by Crippen LogP contribution is 2.25. The maximum Gasteiger partial charge on any atom is 0.335 e. The van der Waals surface area contributed by atoms with Gasteiger partial charge in [0.2, 0.25) is 0 Å². The van der Waals surface area contributed by atoms with Gasteiger partial charge in [-0.15, -0.1) is 0 Å². The first-order valence-electron chi connectivity index (χ1n) is 5.70. The lowest BCUT2D eigenvalue weighted by Crippen LogP contribution is -1.99. The van der Waals surface area contributed by atoms with Crippen LogP contribution in [0.2, 0.25) is 0 Å². The Kier molecular flexibility index (Phi) is 4.47. The predicted octanol–water partition coefficient (Wildman–Crippen LogP) is 3.65. The molecule has 0 unspecified atom stereocenters. The van der Waals surface area contributed by atoms with Gasteiger partial charge < -0.3 is 14.6 Å². The minimum atomic E-state index is -1.09. The number of hydrogen-bond donors (Lipinski definition) is 2. The van der Waals surface area contributed by atoms with E-state index < -0.39 is 11.8 Å². The summed E-state index contributed by atoms with van der Waals surface area (Å²) in [6.45, 7) is 0. The molecule has 0 atom stereocenters. The monoisotopic (exact) mass is 293 g/mol. The predicted molar refractivity (Wildman–Crippen MR) is 75.8 cm³/mol. The Morgan fingerprint density at radius 1 is 1.25 bits per heavy atom. The van der Waals surface area contributed by atoms with Gasteiger partial charge in [0.25, 0.3) is 0 Å². The van der Waals surface area contributed by atoms with Crippen LogP contribution in [0.3, 0.4) is 0 Å². The standard InChI is InChI=1S/C14H12FNO3S/c1-19-10-3-5-11(6-4-10)20-16-13-8-9(14(17)18)2-7-12(13)15/h2-8,16H,1H3,(H,17,18). The summed E-state index contributed by atoms with van der Waals surface area (Å²) in [4.78, 5) is 11.7. The molecule has 0 aliphatic rings. The van der Waals surface area contributed by atoms with Gasteiger partial charge in [0.15, 0.2) is 0 Å². The van der Waals surface area contributed by atoms with Crippen LogP contribution in [0, 0.1) is 5.82 Å². The van der Waals surface area contributed by atoms with E-state index in [1.54, 1.807) is 19.2 Å². The van der Waals surface area contributed by atoms with Gasteiger partial charge >= 0.3 is 5.97 Å². The summed E-state index contributed by atoms with van der Waals surface area (Å²) in [6, 6.07) is 10.8. The number of hydrogen-bond acceptors (Lipinski definition) is 4. The van der Waals surface area contributed by atoms with E-state index in [0.29, 0.717) is 0 Å². The van der Waals surface area contributed by atoms with Crippen LogP contribution >= 0.6 is 11.9 Å². The number of benzene rings is 2. The first-order chi connectivity index (χ1) is 9.60. The molecule has 2 aromatic rings. The van der Waals surface area contributed by atoms with Crippen LogP contribution in [0.15, 0.2) is 47.4 Å². The normalized spacial score (nSPS) is 10.1. The maximum absolute atomic E-state index is 13.6. The summed E-state index contributed by atoms with van der Waals surface area (Å²) in [5, 5.41) is 8.87. The third-order valence-corrected chi connectivity index (χ3v) is 3.38. The smallest absolute Gasteiger partial charge is 0.335 e. The van der Waals surface area contributed by atoms with E-state index in [4.69, 9.17) is 9.84 Å². The van der Waals surface area contributed by atoms with Crippen molar-refractivity contribution in [3.05, 3.63) is 53.8 Å². The average Bonchev–Trinajstić information content (AvgIpc) is 2.46. The van der Waals surface area contributed by atoms with E-state index in [-0.39, 0.29) is 11.3 Å².